The zero-order valence-electron chi connectivity index (χ0n) is 17.1. The highest BCUT2D eigenvalue weighted by atomic mass is 16.5. The highest BCUT2D eigenvalue weighted by Gasteiger charge is 2.17. The summed E-state index contributed by atoms with van der Waals surface area (Å²) >= 11 is 0. The van der Waals surface area contributed by atoms with Crippen LogP contribution >= 0.6 is 0 Å². The molecule has 0 aliphatic rings. The third-order valence-electron chi connectivity index (χ3n) is 4.29. The molecule has 0 atom stereocenters. The molecule has 3 rings (SSSR count). The molecule has 0 aliphatic heterocycles. The molecule has 154 valence electrons. The molecule has 1 N–H and O–H groups in total. The van der Waals surface area contributed by atoms with E-state index in [1.807, 2.05) is 24.3 Å². The molecule has 0 saturated carbocycles. The van der Waals surface area contributed by atoms with E-state index in [-0.39, 0.29) is 0 Å². The van der Waals surface area contributed by atoms with Gasteiger partial charge in [0.1, 0.15) is 12.4 Å². The molecule has 0 bridgehead atoms. The summed E-state index contributed by atoms with van der Waals surface area (Å²) in [5.41, 5.74) is 2.24. The molecule has 3 aromatic rings. The minimum Gasteiger partial charge on any atom is -0.493 e. The summed E-state index contributed by atoms with van der Waals surface area (Å²) in [7, 11) is 8.09. The van der Waals surface area contributed by atoms with Crippen molar-refractivity contribution in [1.82, 2.24) is 10.5 Å². The van der Waals surface area contributed by atoms with Crippen molar-refractivity contribution in [3.8, 4) is 51.3 Å². The van der Waals surface area contributed by atoms with Crippen LogP contribution in [0.15, 0.2) is 40.9 Å². The fourth-order valence-corrected chi connectivity index (χ4v) is 2.87. The van der Waals surface area contributed by atoms with Gasteiger partial charge in [0.2, 0.25) is 5.75 Å². The van der Waals surface area contributed by atoms with Gasteiger partial charge in [0.05, 0.1) is 28.4 Å². The van der Waals surface area contributed by atoms with E-state index in [4.69, 9.17) is 28.2 Å². The van der Waals surface area contributed by atoms with Gasteiger partial charge in [0, 0.05) is 17.2 Å². The molecule has 1 aromatic heterocycles. The van der Waals surface area contributed by atoms with E-state index in [9.17, 15) is 0 Å². The Morgan fingerprint density at radius 3 is 2.03 bits per heavy atom. The number of aromatic nitrogens is 1. The number of benzene rings is 2. The van der Waals surface area contributed by atoms with Gasteiger partial charge in [0.15, 0.2) is 28.8 Å². The highest BCUT2D eigenvalue weighted by Crippen LogP contribution is 2.42. The van der Waals surface area contributed by atoms with Crippen LogP contribution in [0, 0.1) is 0 Å². The van der Waals surface area contributed by atoms with E-state index in [1.54, 1.807) is 47.6 Å². The Hall–Kier alpha value is -3.39. The third kappa shape index (κ3) is 4.22. The molecule has 0 unspecified atom stereocenters. The van der Waals surface area contributed by atoms with Crippen LogP contribution in [0.25, 0.3) is 22.6 Å². The summed E-state index contributed by atoms with van der Waals surface area (Å²) in [6, 6.07) is 11.0. The highest BCUT2D eigenvalue weighted by molar-refractivity contribution is 5.72. The monoisotopic (exact) mass is 400 g/mol. The van der Waals surface area contributed by atoms with Crippen LogP contribution in [-0.4, -0.2) is 47.4 Å². The van der Waals surface area contributed by atoms with Crippen LogP contribution < -0.4 is 29.0 Å². The van der Waals surface area contributed by atoms with Crippen LogP contribution in [0.5, 0.6) is 28.7 Å². The lowest BCUT2D eigenvalue weighted by molar-refractivity contribution is 0.277. The molecule has 0 spiro atoms. The molecule has 0 amide bonds. The molecule has 0 aliphatic carbocycles. The van der Waals surface area contributed by atoms with E-state index < -0.39 is 0 Å². The zero-order valence-corrected chi connectivity index (χ0v) is 17.1. The predicted octanol–water partition coefficient (Wildman–Crippen LogP) is 3.60. The van der Waals surface area contributed by atoms with Crippen molar-refractivity contribution < 1.29 is 28.2 Å². The fraction of sp³-hybridized carbons (Fsp3) is 0.286. The first-order valence-corrected chi connectivity index (χ1v) is 8.88. The second kappa shape index (κ2) is 9.20. The smallest absolute Gasteiger partial charge is 0.203 e. The Morgan fingerprint density at radius 1 is 0.793 bits per heavy atom. The second-order valence-corrected chi connectivity index (χ2v) is 6.00. The van der Waals surface area contributed by atoms with Crippen LogP contribution in [0.3, 0.4) is 0 Å². The van der Waals surface area contributed by atoms with Gasteiger partial charge in [-0.25, -0.2) is 0 Å². The molecule has 0 saturated heterocycles. The van der Waals surface area contributed by atoms with Crippen molar-refractivity contribution >= 4 is 0 Å². The number of hydrogen-bond donors (Lipinski definition) is 1. The van der Waals surface area contributed by atoms with Crippen LogP contribution in [0.2, 0.25) is 0 Å². The zero-order chi connectivity index (χ0) is 20.8. The molecule has 1 heterocycles. The molecule has 8 heteroatoms. The summed E-state index contributed by atoms with van der Waals surface area (Å²) in [6.45, 7) is 0.356. The van der Waals surface area contributed by atoms with E-state index in [0.29, 0.717) is 46.9 Å². The minimum absolute atomic E-state index is 0.356. The molecule has 0 fully saturated rings. The minimum atomic E-state index is 0.356. The Kier molecular flexibility index (Phi) is 6.46. The lowest BCUT2D eigenvalue weighted by atomic mass is 10.1. The van der Waals surface area contributed by atoms with Crippen molar-refractivity contribution in [2.45, 2.75) is 0 Å². The first kappa shape index (κ1) is 20.3. The number of hydrogen-bond acceptors (Lipinski definition) is 8. The lowest BCUT2D eigenvalue weighted by Crippen LogP contribution is -2.14. The largest absolute Gasteiger partial charge is 0.493 e. The quantitative estimate of drug-likeness (QED) is 0.546. The number of nitrogens with zero attached hydrogens (tertiary/aromatic N) is 1. The number of methoxy groups -OCH3 is 4. The number of nitrogens with one attached hydrogen (secondary N) is 1. The first-order valence-electron chi connectivity index (χ1n) is 8.88. The Bertz CT molecular complexity index is 945. The van der Waals surface area contributed by atoms with Gasteiger partial charge in [-0.1, -0.05) is 5.16 Å². The van der Waals surface area contributed by atoms with Gasteiger partial charge in [0.25, 0.3) is 0 Å². The predicted molar refractivity (Wildman–Crippen MR) is 108 cm³/mol. The van der Waals surface area contributed by atoms with Crippen LogP contribution in [0.1, 0.15) is 0 Å². The Labute approximate surface area is 169 Å². The van der Waals surface area contributed by atoms with Crippen molar-refractivity contribution in [2.24, 2.45) is 0 Å². The van der Waals surface area contributed by atoms with Gasteiger partial charge in [-0.2, -0.15) is 0 Å². The summed E-state index contributed by atoms with van der Waals surface area (Å²) in [6.07, 6.45) is 0. The number of ether oxygens (including phenoxy) is 5. The van der Waals surface area contributed by atoms with Crippen molar-refractivity contribution in [3.63, 3.8) is 0 Å². The maximum Gasteiger partial charge on any atom is 0.203 e. The molecule has 29 heavy (non-hydrogen) atoms. The Morgan fingerprint density at radius 2 is 1.45 bits per heavy atom. The average Bonchev–Trinajstić information content (AvgIpc) is 3.26. The first-order chi connectivity index (χ1) is 14.1. The SMILES string of the molecule is CNCOc1cc(-c2cc(-c3cc(OC)c(OC)c(OC)c3)on2)ccc1OC. The molecule has 8 nitrogen and oxygen atoms in total. The fourth-order valence-electron chi connectivity index (χ4n) is 2.87. The van der Waals surface area contributed by atoms with E-state index in [1.165, 1.54) is 0 Å². The van der Waals surface area contributed by atoms with Crippen LogP contribution in [-0.2, 0) is 0 Å². The normalized spacial score (nSPS) is 10.5. The van der Waals surface area contributed by atoms with Crippen molar-refractivity contribution in [3.05, 3.63) is 36.4 Å². The van der Waals surface area contributed by atoms with E-state index >= 15 is 0 Å². The maximum absolute atomic E-state index is 5.68. The molecular weight excluding hydrogens is 376 g/mol. The number of rotatable bonds is 9. The second-order valence-electron chi connectivity index (χ2n) is 6.00. The van der Waals surface area contributed by atoms with Crippen molar-refractivity contribution in [2.75, 3.05) is 42.2 Å². The van der Waals surface area contributed by atoms with Gasteiger partial charge in [-0.3, -0.25) is 5.32 Å². The van der Waals surface area contributed by atoms with Crippen molar-refractivity contribution in [1.29, 1.82) is 0 Å². The van der Waals surface area contributed by atoms with Gasteiger partial charge in [-0.15, -0.1) is 0 Å². The summed E-state index contributed by atoms with van der Waals surface area (Å²) in [4.78, 5) is 0. The standard InChI is InChI=1S/C21H24N2O6/c1-22-12-28-18-8-13(6-7-16(18)24-2)15-11-17(29-23-15)14-9-19(25-3)21(27-5)20(10-14)26-4/h6-11,22H,12H2,1-5H3. The van der Waals surface area contributed by atoms with Gasteiger partial charge < -0.3 is 28.2 Å². The summed E-state index contributed by atoms with van der Waals surface area (Å²) in [5, 5.41) is 7.13. The van der Waals surface area contributed by atoms with Gasteiger partial charge >= 0.3 is 0 Å². The van der Waals surface area contributed by atoms with Crippen LogP contribution in [0.4, 0.5) is 0 Å². The average molecular weight is 400 g/mol. The molecular formula is C21H24N2O6. The van der Waals surface area contributed by atoms with E-state index in [0.717, 1.165) is 11.1 Å². The topological polar surface area (TPSA) is 84.2 Å². The summed E-state index contributed by atoms with van der Waals surface area (Å²) < 4.78 is 32.8. The Balaban J connectivity index is 1.97. The van der Waals surface area contributed by atoms with Gasteiger partial charge in [-0.05, 0) is 37.4 Å². The molecule has 0 radical (unpaired) electrons. The molecule has 2 aromatic carbocycles. The van der Waals surface area contributed by atoms with E-state index in [2.05, 4.69) is 10.5 Å². The lowest BCUT2D eigenvalue weighted by Gasteiger charge is -2.13. The summed E-state index contributed by atoms with van der Waals surface area (Å²) in [5.74, 6) is 3.39. The third-order valence-corrected chi connectivity index (χ3v) is 4.29. The maximum atomic E-state index is 5.68.